The largest absolute Gasteiger partial charge is 0.212 e. The third kappa shape index (κ3) is 18.6. The summed E-state index contributed by atoms with van der Waals surface area (Å²) >= 11 is 0. The zero-order chi connectivity index (χ0) is 74.1. The summed E-state index contributed by atoms with van der Waals surface area (Å²) in [6.07, 6.45) is 1.64. The third-order valence-electron chi connectivity index (χ3n) is 12.5. The van der Waals surface area contributed by atoms with Gasteiger partial charge in [-0.3, -0.25) is 0 Å². The highest BCUT2D eigenvalue weighted by Crippen LogP contribution is 2.27. The molecule has 0 aliphatic heterocycles. The fourth-order valence-electron chi connectivity index (χ4n) is 9.03. The zero-order valence-corrected chi connectivity index (χ0v) is 48.9. The van der Waals surface area contributed by atoms with E-state index in [-0.39, 0.29) is 17.8 Å². The Labute approximate surface area is 496 Å². The Morgan fingerprint density at radius 1 is 0.377 bits per heavy atom. The number of rotatable bonds is 11. The maximum atomic E-state index is 8.42. The van der Waals surface area contributed by atoms with E-state index in [1.54, 1.807) is 72.8 Å². The van der Waals surface area contributed by atoms with Gasteiger partial charge in [0, 0.05) is 97.2 Å². The molecule has 4 heteroatoms. The van der Waals surface area contributed by atoms with Gasteiger partial charge in [0.15, 0.2) is 24.8 Å². The average molecular weight is 1050 g/mol. The van der Waals surface area contributed by atoms with Gasteiger partial charge in [0.1, 0.15) is 28.2 Å². The lowest BCUT2D eigenvalue weighted by molar-refractivity contribution is -0.661. The molecule has 4 nitrogen and oxygen atoms in total. The van der Waals surface area contributed by atoms with Crippen molar-refractivity contribution in [2.75, 3.05) is 0 Å². The van der Waals surface area contributed by atoms with Gasteiger partial charge in [-0.05, 0) is 174 Å². The Kier molecular flexibility index (Phi) is 13.7. The first kappa shape index (κ1) is 38.1. The zero-order valence-electron chi connectivity index (χ0n) is 68.9. The van der Waals surface area contributed by atoms with Crippen LogP contribution in [-0.4, -0.2) is 0 Å². The molecule has 0 bridgehead atoms. The van der Waals surface area contributed by atoms with Crippen LogP contribution >= 0.6 is 0 Å². The second-order valence-corrected chi connectivity index (χ2v) is 22.0. The van der Waals surface area contributed by atoms with Crippen LogP contribution in [0.3, 0.4) is 0 Å². The van der Waals surface area contributed by atoms with Crippen molar-refractivity contribution in [3.8, 4) is 45.0 Å². The second-order valence-electron chi connectivity index (χ2n) is 22.0. The normalized spacial score (nSPS) is 16.5. The number of hydrogen-bond donors (Lipinski definition) is 0. The maximum absolute atomic E-state index is 8.42. The molecule has 0 saturated carbocycles. The highest BCUT2D eigenvalue weighted by molar-refractivity contribution is 5.64. The minimum absolute atomic E-state index is 0.122. The quantitative estimate of drug-likeness (QED) is 0.115. The smallest absolute Gasteiger partial charge is 0.201 e. The van der Waals surface area contributed by atoms with Crippen molar-refractivity contribution in [3.05, 3.63) is 213 Å². The standard InChI is InChI=1S/C19H26N.3C18H24N/c1-14-7-9-17(15(2)11-14)18-10-8-16(13-20(18)6)12-19(3,4)5;1-13(2)10-16-7-9-18(19(5)12-16)17-8-6-14(3)11-15(17)4;2*1-13(2)10-16-8-9-19(5)18(12-16)17-7-6-14(3)11-15(17)4/h7-11,13H,12H2,1-6H3;3*6-9,11-13H,10H2,1-5H3/q4*+1/i1D3,12D2;3*3D3,10D2. The van der Waals surface area contributed by atoms with Gasteiger partial charge in [-0.2, -0.15) is 0 Å². The van der Waals surface area contributed by atoms with Crippen LogP contribution in [-0.2, 0) is 53.7 Å². The third-order valence-corrected chi connectivity index (χ3v) is 12.5. The topological polar surface area (TPSA) is 15.5 Å². The van der Waals surface area contributed by atoms with E-state index in [0.717, 1.165) is 67.3 Å². The average Bonchev–Trinajstić information content (AvgIpc) is 0.804. The van der Waals surface area contributed by atoms with E-state index >= 15 is 0 Å². The second kappa shape index (κ2) is 27.7. The van der Waals surface area contributed by atoms with E-state index in [9.17, 15) is 0 Å². The van der Waals surface area contributed by atoms with Crippen LogP contribution in [0, 0.1) is 78.3 Å². The molecule has 0 amide bonds. The summed E-state index contributed by atoms with van der Waals surface area (Å²) in [5.41, 5.74) is 14.1. The summed E-state index contributed by atoms with van der Waals surface area (Å²) < 4.78 is 164. The lowest BCUT2D eigenvalue weighted by Crippen LogP contribution is -2.32. The van der Waals surface area contributed by atoms with Crippen molar-refractivity contribution in [3.63, 3.8) is 0 Å². The summed E-state index contributed by atoms with van der Waals surface area (Å²) in [5.74, 6) is -0.405. The van der Waals surface area contributed by atoms with Crippen LogP contribution in [0.1, 0.15) is 156 Å². The van der Waals surface area contributed by atoms with Crippen LogP contribution < -0.4 is 18.3 Å². The molecule has 4 aromatic heterocycles. The fraction of sp³-hybridized carbons (Fsp3) is 0.397. The number of aromatic nitrogens is 4. The molecule has 0 fully saturated rings. The Hall–Kier alpha value is -6.52. The van der Waals surface area contributed by atoms with Crippen molar-refractivity contribution in [2.24, 2.45) is 51.4 Å². The minimum Gasteiger partial charge on any atom is -0.201 e. The first-order chi connectivity index (χ1) is 44.1. The summed E-state index contributed by atoms with van der Waals surface area (Å²) in [4.78, 5) is 0. The number of nitrogens with zero attached hydrogens (tertiary/aromatic N) is 4. The molecule has 4 heterocycles. The van der Waals surface area contributed by atoms with Gasteiger partial charge < -0.3 is 0 Å². The molecular formula is C73H98N4+4. The number of pyridine rings is 4. The van der Waals surface area contributed by atoms with Gasteiger partial charge in [0.2, 0.25) is 22.8 Å². The first-order valence-corrected chi connectivity index (χ1v) is 26.5. The first-order valence-electron chi connectivity index (χ1n) is 36.5. The summed E-state index contributed by atoms with van der Waals surface area (Å²) in [5, 5.41) is 0. The molecule has 0 atom stereocenters. The van der Waals surface area contributed by atoms with Crippen molar-refractivity contribution in [1.29, 1.82) is 0 Å². The molecule has 0 N–H and O–H groups in total. The van der Waals surface area contributed by atoms with Crippen molar-refractivity contribution < 1.29 is 45.7 Å². The van der Waals surface area contributed by atoms with Crippen LogP contribution in [0.4, 0.5) is 0 Å². The van der Waals surface area contributed by atoms with Crippen molar-refractivity contribution >= 4 is 0 Å². The van der Waals surface area contributed by atoms with Crippen LogP contribution in [0.25, 0.3) is 45.0 Å². The van der Waals surface area contributed by atoms with Crippen LogP contribution in [0.5, 0.6) is 0 Å². The molecule has 0 saturated heterocycles. The molecule has 8 aromatic rings. The molecule has 0 radical (unpaired) electrons. The van der Waals surface area contributed by atoms with E-state index in [1.165, 1.54) is 0 Å². The molecule has 77 heavy (non-hydrogen) atoms. The number of aryl methyl sites for hydroxylation is 12. The predicted octanol–water partition coefficient (Wildman–Crippen LogP) is 16.4. The van der Waals surface area contributed by atoms with E-state index in [0.29, 0.717) is 44.5 Å². The van der Waals surface area contributed by atoms with E-state index in [2.05, 4.69) is 0 Å². The highest BCUT2D eigenvalue weighted by Gasteiger charge is 2.19. The highest BCUT2D eigenvalue weighted by atomic mass is 14.9. The summed E-state index contributed by atoms with van der Waals surface area (Å²) in [7, 11) is 7.57. The predicted molar refractivity (Wildman–Crippen MR) is 329 cm³/mol. The van der Waals surface area contributed by atoms with Gasteiger partial charge in [-0.1, -0.05) is 133 Å². The van der Waals surface area contributed by atoms with Gasteiger partial charge >= 0.3 is 0 Å². The Morgan fingerprint density at radius 3 is 0.987 bits per heavy atom. The van der Waals surface area contributed by atoms with Gasteiger partial charge in [0.25, 0.3) is 0 Å². The Bertz CT molecular complexity index is 3940. The van der Waals surface area contributed by atoms with Crippen LogP contribution in [0.2, 0.25) is 0 Å². The molecule has 0 aliphatic carbocycles. The van der Waals surface area contributed by atoms with E-state index in [1.807, 2.05) is 210 Å². The van der Waals surface area contributed by atoms with E-state index in [4.69, 9.17) is 27.4 Å². The van der Waals surface area contributed by atoms with Crippen molar-refractivity contribution in [1.82, 2.24) is 0 Å². The van der Waals surface area contributed by atoms with Gasteiger partial charge in [-0.15, -0.1) is 0 Å². The Morgan fingerprint density at radius 2 is 0.688 bits per heavy atom. The molecule has 8 rings (SSSR count). The molecular weight excluding hydrogens is 933 g/mol. The molecule has 4 aromatic carbocycles. The lowest BCUT2D eigenvalue weighted by Gasteiger charge is -2.17. The summed E-state index contributed by atoms with van der Waals surface area (Å²) in [6, 6.07) is 35.3. The van der Waals surface area contributed by atoms with Gasteiger partial charge in [-0.25, -0.2) is 18.3 Å². The van der Waals surface area contributed by atoms with Gasteiger partial charge in [0.05, 0.1) is 0 Å². The molecule has 0 unspecified atom stereocenters. The molecule has 0 spiro atoms. The Balaban J connectivity index is 0.000000234. The SMILES string of the molecule is [2H]C([2H])([2H])c1ccc(-c2cc(C([2H])([2H])C(C)C)cc[n+]2C)c(C)c1.[2H]C([2H])([2H])c1ccc(-c2cc(C([2H])([2H])C(C)C)cc[n+]2C)c(C)c1.[2H]C([2H])([2H])c1ccc(-c2ccc(C([2H])([2H])C(C)(C)C)c[n+]2C)c(C)c1.[2H]C([2H])([2H])c1ccc(-c2ccc(C([2H])([2H])C(C)C)c[n+]2C)c(C)c1. The number of benzene rings is 4. The fourth-order valence-corrected chi connectivity index (χ4v) is 9.03. The lowest BCUT2D eigenvalue weighted by atomic mass is 9.88. The minimum atomic E-state index is -2.12. The number of hydrogen-bond acceptors (Lipinski definition) is 0. The monoisotopic (exact) mass is 1050 g/mol. The van der Waals surface area contributed by atoms with Crippen LogP contribution in [0.15, 0.2) is 146 Å². The molecule has 0 aliphatic rings. The van der Waals surface area contributed by atoms with Crippen molar-refractivity contribution in [2.45, 2.75) is 143 Å². The molecule has 406 valence electrons. The maximum Gasteiger partial charge on any atom is 0.212 e. The van der Waals surface area contributed by atoms with E-state index < -0.39 is 58.3 Å². The summed E-state index contributed by atoms with van der Waals surface area (Å²) in [6.45, 7) is 15.9.